The first-order valence-corrected chi connectivity index (χ1v) is 40.1. The molecule has 0 aliphatic rings. The minimum absolute atomic E-state index is 0.0219. The Kier molecular flexibility index (Phi) is 66.8. The molecule has 0 aromatic heterocycles. The lowest BCUT2D eigenvalue weighted by Gasteiger charge is -2.30. The first kappa shape index (κ1) is 86.7. The highest BCUT2D eigenvalue weighted by Gasteiger charge is 2.27. The highest BCUT2D eigenvalue weighted by Crippen LogP contribution is 2.38. The molecule has 0 bridgehead atoms. The predicted octanol–water partition coefficient (Wildman–Crippen LogP) is 24.3. The third-order valence-corrected chi connectivity index (χ3v) is 18.4. The first-order chi connectivity index (χ1) is 43.4. The van der Waals surface area contributed by atoms with Crippen LogP contribution in [0.1, 0.15) is 380 Å². The largest absolute Gasteiger partial charge is 0.756 e. The van der Waals surface area contributed by atoms with Crippen molar-refractivity contribution in [1.29, 1.82) is 0 Å². The molecule has 0 saturated carbocycles. The molecule has 0 spiro atoms. The lowest BCUT2D eigenvalue weighted by Crippen LogP contribution is -2.47. The lowest BCUT2D eigenvalue weighted by atomic mass is 10.0. The highest BCUT2D eigenvalue weighted by atomic mass is 31.2. The number of carbonyl (C=O) groups excluding carboxylic acids is 2. The zero-order valence-electron chi connectivity index (χ0n) is 59.9. The second-order valence-electron chi connectivity index (χ2n) is 27.5. The molecule has 522 valence electrons. The second-order valence-corrected chi connectivity index (χ2v) is 28.9. The fourth-order valence-corrected chi connectivity index (χ4v) is 12.2. The van der Waals surface area contributed by atoms with Gasteiger partial charge in [-0.05, 0) is 76.7 Å². The number of amides is 1. The molecule has 0 radical (unpaired) electrons. The summed E-state index contributed by atoms with van der Waals surface area (Å²) in [6.07, 6.45) is 89.2. The molecule has 0 heterocycles. The van der Waals surface area contributed by atoms with Crippen LogP contribution in [-0.2, 0) is 27.9 Å². The van der Waals surface area contributed by atoms with Crippen LogP contribution in [0, 0.1) is 0 Å². The van der Waals surface area contributed by atoms with Crippen LogP contribution in [-0.4, -0.2) is 69.4 Å². The van der Waals surface area contributed by atoms with Gasteiger partial charge in [0.25, 0.3) is 7.82 Å². The van der Waals surface area contributed by atoms with Gasteiger partial charge in [-0.1, -0.05) is 352 Å². The van der Waals surface area contributed by atoms with Crippen LogP contribution in [0.2, 0.25) is 0 Å². The van der Waals surface area contributed by atoms with Crippen molar-refractivity contribution < 1.29 is 37.3 Å². The van der Waals surface area contributed by atoms with Crippen molar-refractivity contribution in [3.8, 4) is 0 Å². The Hall–Kier alpha value is -2.29. The number of nitrogens with zero attached hydrogens (tertiary/aromatic N) is 1. The summed E-state index contributed by atoms with van der Waals surface area (Å²) >= 11 is 0. The van der Waals surface area contributed by atoms with Crippen LogP contribution in [0.3, 0.4) is 0 Å². The number of phosphoric acid groups is 1. The Morgan fingerprint density at radius 1 is 0.393 bits per heavy atom. The van der Waals surface area contributed by atoms with Gasteiger partial charge < -0.3 is 28.5 Å². The number of quaternary nitrogens is 1. The van der Waals surface area contributed by atoms with Crippen LogP contribution < -0.4 is 10.2 Å². The summed E-state index contributed by atoms with van der Waals surface area (Å²) in [6.45, 7) is 6.88. The summed E-state index contributed by atoms with van der Waals surface area (Å²) in [7, 11) is 1.20. The van der Waals surface area contributed by atoms with Gasteiger partial charge in [0.1, 0.15) is 19.3 Å². The molecule has 0 rings (SSSR count). The van der Waals surface area contributed by atoms with Crippen LogP contribution in [0.4, 0.5) is 0 Å². The maximum Gasteiger partial charge on any atom is 0.306 e. The van der Waals surface area contributed by atoms with Crippen LogP contribution in [0.25, 0.3) is 0 Å². The van der Waals surface area contributed by atoms with Gasteiger partial charge in [0.05, 0.1) is 33.8 Å². The van der Waals surface area contributed by atoms with Gasteiger partial charge in [0, 0.05) is 12.8 Å². The molecule has 0 aromatic carbocycles. The van der Waals surface area contributed by atoms with Gasteiger partial charge >= 0.3 is 5.97 Å². The Balaban J connectivity index is 5.00. The maximum atomic E-state index is 13.6. The number of rotatable bonds is 71. The molecule has 3 atom stereocenters. The second kappa shape index (κ2) is 68.6. The van der Waals surface area contributed by atoms with Crippen LogP contribution in [0.15, 0.2) is 60.8 Å². The topological polar surface area (TPSA) is 114 Å². The van der Waals surface area contributed by atoms with Gasteiger partial charge in [-0.15, -0.1) is 0 Å². The number of unbranched alkanes of at least 4 members (excludes halogenated alkanes) is 47. The molecular weight excluding hydrogens is 1120 g/mol. The van der Waals surface area contributed by atoms with E-state index in [0.29, 0.717) is 17.4 Å². The molecular formula is C79H149N2O7P. The van der Waals surface area contributed by atoms with Gasteiger partial charge in [0.2, 0.25) is 5.91 Å². The van der Waals surface area contributed by atoms with Gasteiger partial charge in [-0.2, -0.15) is 0 Å². The molecule has 1 N–H and O–H groups in total. The zero-order valence-corrected chi connectivity index (χ0v) is 60.8. The number of carbonyl (C=O) groups is 2. The quantitative estimate of drug-likeness (QED) is 0.0212. The van der Waals surface area contributed by atoms with E-state index in [1.807, 2.05) is 33.3 Å². The Labute approximate surface area is 553 Å². The SMILES string of the molecule is CCCCC/C=C\C/C=C\C/C=C\C/C=C\CCCCCCCCCCCCCC(=O)NC(COP(=O)([O-])OCC[N+](C)(C)C)C(/C=C/CCCCCCCCCCCCC)OC(=O)CCCCCCCCCCCCCCCCCCCCCCCCC. The average Bonchev–Trinajstić information content (AvgIpc) is 3.65. The molecule has 1 amide bonds. The standard InChI is InChI=1S/C79H149N2O7P/c1-7-10-13-16-19-22-25-28-30-32-34-36-38-39-40-41-43-44-46-48-50-53-56-59-62-65-68-71-78(82)80-76(75-87-89(84,85)86-74-73-81(4,5)6)77(70-67-64-61-58-55-52-27-24-21-18-15-12-9-3)88-79(83)72-69-66-63-60-57-54-51-49-47-45-42-37-35-33-31-29-26-23-20-17-14-11-8-2/h19,22,28,30,34,36,39-40,67,70,76-77H,7-18,20-21,23-27,29,31-33,35,37-38,41-66,68-69,71-75H2,1-6H3,(H-,80,82,84,85)/b22-19-,30-28-,36-34-,40-39-,70-67+. The molecule has 0 aromatic rings. The number of likely N-dealkylation sites (N-methyl/N-ethyl adjacent to an activating group) is 1. The van der Waals surface area contributed by atoms with Crippen molar-refractivity contribution in [3.05, 3.63) is 60.8 Å². The summed E-state index contributed by atoms with van der Waals surface area (Å²) in [5, 5.41) is 3.06. The van der Waals surface area contributed by atoms with Crippen molar-refractivity contribution >= 4 is 19.7 Å². The molecule has 3 unspecified atom stereocenters. The Morgan fingerprint density at radius 2 is 0.685 bits per heavy atom. The van der Waals surface area contributed by atoms with E-state index in [-0.39, 0.29) is 31.5 Å². The predicted molar refractivity (Wildman–Crippen MR) is 385 cm³/mol. The van der Waals surface area contributed by atoms with E-state index < -0.39 is 20.0 Å². The van der Waals surface area contributed by atoms with E-state index in [1.54, 1.807) is 0 Å². The lowest BCUT2D eigenvalue weighted by molar-refractivity contribution is -0.870. The summed E-state index contributed by atoms with van der Waals surface area (Å²) < 4.78 is 30.5. The van der Waals surface area contributed by atoms with Gasteiger partial charge in [0.15, 0.2) is 0 Å². The first-order valence-electron chi connectivity index (χ1n) is 38.6. The van der Waals surface area contributed by atoms with E-state index in [1.165, 1.54) is 270 Å². The van der Waals surface area contributed by atoms with E-state index >= 15 is 0 Å². The van der Waals surface area contributed by atoms with Crippen molar-refractivity contribution in [3.63, 3.8) is 0 Å². The van der Waals surface area contributed by atoms with E-state index in [9.17, 15) is 19.0 Å². The normalized spacial score (nSPS) is 13.7. The molecule has 0 saturated heterocycles. The van der Waals surface area contributed by atoms with Crippen molar-refractivity contribution in [2.75, 3.05) is 40.9 Å². The minimum atomic E-state index is -4.71. The summed E-state index contributed by atoms with van der Waals surface area (Å²) in [5.41, 5.74) is 0. The molecule has 10 heteroatoms. The smallest absolute Gasteiger partial charge is 0.306 e. The van der Waals surface area contributed by atoms with Gasteiger partial charge in [-0.25, -0.2) is 0 Å². The van der Waals surface area contributed by atoms with Crippen molar-refractivity contribution in [2.45, 2.75) is 392 Å². The Morgan fingerprint density at radius 3 is 1.04 bits per heavy atom. The molecule has 89 heavy (non-hydrogen) atoms. The monoisotopic (exact) mass is 1270 g/mol. The van der Waals surface area contributed by atoms with Gasteiger partial charge in [-0.3, -0.25) is 14.2 Å². The van der Waals surface area contributed by atoms with Crippen molar-refractivity contribution in [1.82, 2.24) is 5.32 Å². The summed E-state index contributed by atoms with van der Waals surface area (Å²) in [5.74, 6) is -0.525. The fourth-order valence-electron chi connectivity index (χ4n) is 11.5. The number of esters is 1. The molecule has 0 aliphatic heterocycles. The number of phosphoric ester groups is 1. The zero-order chi connectivity index (χ0) is 64.9. The van der Waals surface area contributed by atoms with E-state index in [2.05, 4.69) is 74.7 Å². The molecule has 0 fully saturated rings. The summed E-state index contributed by atoms with van der Waals surface area (Å²) in [4.78, 5) is 40.3. The highest BCUT2D eigenvalue weighted by molar-refractivity contribution is 7.45. The summed E-state index contributed by atoms with van der Waals surface area (Å²) in [6, 6.07) is -0.891. The average molecular weight is 1270 g/mol. The number of hydrogen-bond donors (Lipinski definition) is 1. The third kappa shape index (κ3) is 69.9. The number of ether oxygens (including phenoxy) is 1. The van der Waals surface area contributed by atoms with E-state index in [0.717, 1.165) is 77.0 Å². The Bertz CT molecular complexity index is 1700. The van der Waals surface area contributed by atoms with E-state index in [4.69, 9.17) is 13.8 Å². The number of nitrogens with one attached hydrogen (secondary N) is 1. The number of hydrogen-bond acceptors (Lipinski definition) is 7. The van der Waals surface area contributed by atoms with Crippen LogP contribution >= 0.6 is 7.82 Å². The fraction of sp³-hybridized carbons (Fsp3) is 0.848. The maximum absolute atomic E-state index is 13.6. The number of allylic oxidation sites excluding steroid dienone is 9. The van der Waals surface area contributed by atoms with Crippen molar-refractivity contribution in [2.24, 2.45) is 0 Å². The van der Waals surface area contributed by atoms with Crippen LogP contribution in [0.5, 0.6) is 0 Å². The third-order valence-electron chi connectivity index (χ3n) is 17.5. The molecule has 9 nitrogen and oxygen atoms in total. The minimum Gasteiger partial charge on any atom is -0.756 e. The molecule has 0 aliphatic carbocycles.